The molecule has 4 aromatic rings. The van der Waals surface area contributed by atoms with Crippen LogP contribution >= 0.6 is 0 Å². The lowest BCUT2D eigenvalue weighted by atomic mass is 9.99. The van der Waals surface area contributed by atoms with Crippen LogP contribution in [0.25, 0.3) is 22.0 Å². The molecule has 5 rings (SSSR count). The summed E-state index contributed by atoms with van der Waals surface area (Å²) in [5, 5.41) is 17.5. The van der Waals surface area contributed by atoms with Gasteiger partial charge < -0.3 is 19.1 Å². The maximum atomic E-state index is 8.58. The molecule has 8 heteroatoms. The fraction of sp³-hybridized carbons (Fsp3) is 0.346. The van der Waals surface area contributed by atoms with Crippen LogP contribution in [0.2, 0.25) is 0 Å². The average molecular weight is 459 g/mol. The standard InChI is InChI=1S/C26H30N6O2/c1-18-26(19(2)34-30-18)22-15-20-6-7-25(27)32(17-21-5-3-4-8-28-21)24(20)16-23(22)29-9-10-31-11-13-33-14-12-31/h3-8,15-16,27,29H,9-14,17H2,1-2H3. The zero-order valence-corrected chi connectivity index (χ0v) is 19.7. The summed E-state index contributed by atoms with van der Waals surface area (Å²) >= 11 is 0. The molecule has 0 radical (unpaired) electrons. The predicted octanol–water partition coefficient (Wildman–Crippen LogP) is 3.58. The van der Waals surface area contributed by atoms with Gasteiger partial charge >= 0.3 is 0 Å². The second-order valence-corrected chi connectivity index (χ2v) is 8.66. The van der Waals surface area contributed by atoms with Gasteiger partial charge in [-0.15, -0.1) is 0 Å². The van der Waals surface area contributed by atoms with Gasteiger partial charge in [0, 0.05) is 49.2 Å². The number of nitrogens with one attached hydrogen (secondary N) is 2. The highest BCUT2D eigenvalue weighted by Crippen LogP contribution is 2.36. The first-order valence-corrected chi connectivity index (χ1v) is 11.7. The summed E-state index contributed by atoms with van der Waals surface area (Å²) in [6, 6.07) is 14.0. The second kappa shape index (κ2) is 9.79. The zero-order chi connectivity index (χ0) is 23.5. The quantitative estimate of drug-likeness (QED) is 0.440. The third-order valence-corrected chi connectivity index (χ3v) is 6.37. The van der Waals surface area contributed by atoms with Gasteiger partial charge in [0.05, 0.1) is 36.7 Å². The van der Waals surface area contributed by atoms with Crippen molar-refractivity contribution in [2.75, 3.05) is 44.7 Å². The van der Waals surface area contributed by atoms with Gasteiger partial charge in [0.1, 0.15) is 11.2 Å². The summed E-state index contributed by atoms with van der Waals surface area (Å²) in [6.07, 6.45) is 1.79. The van der Waals surface area contributed by atoms with Gasteiger partial charge in [-0.05, 0) is 55.6 Å². The largest absolute Gasteiger partial charge is 0.383 e. The molecule has 1 fully saturated rings. The molecule has 0 bridgehead atoms. The van der Waals surface area contributed by atoms with Gasteiger partial charge in [0.15, 0.2) is 0 Å². The maximum absolute atomic E-state index is 8.58. The molecule has 1 saturated heterocycles. The Labute approximate surface area is 198 Å². The normalized spacial score (nSPS) is 14.5. The summed E-state index contributed by atoms with van der Waals surface area (Å²) in [5.74, 6) is 0.798. The van der Waals surface area contributed by atoms with Gasteiger partial charge in [-0.1, -0.05) is 11.2 Å². The molecule has 2 N–H and O–H groups in total. The van der Waals surface area contributed by atoms with Crippen LogP contribution in [0.5, 0.6) is 0 Å². The Kier molecular flexibility index (Phi) is 6.42. The lowest BCUT2D eigenvalue weighted by Gasteiger charge is -2.27. The number of aromatic nitrogens is 3. The van der Waals surface area contributed by atoms with Gasteiger partial charge in [0.25, 0.3) is 0 Å². The number of morpholine rings is 1. The minimum absolute atomic E-state index is 0.447. The minimum Gasteiger partial charge on any atom is -0.383 e. The number of anilines is 1. The van der Waals surface area contributed by atoms with E-state index in [-0.39, 0.29) is 0 Å². The monoisotopic (exact) mass is 458 g/mol. The molecular weight excluding hydrogens is 428 g/mol. The number of hydrogen-bond acceptors (Lipinski definition) is 7. The van der Waals surface area contributed by atoms with Crippen LogP contribution in [0.15, 0.2) is 53.2 Å². The Morgan fingerprint density at radius 3 is 2.68 bits per heavy atom. The van der Waals surface area contributed by atoms with E-state index in [1.165, 1.54) is 0 Å². The Balaban J connectivity index is 1.56. The molecule has 176 valence electrons. The molecule has 3 aromatic heterocycles. The van der Waals surface area contributed by atoms with E-state index in [9.17, 15) is 0 Å². The topological polar surface area (TPSA) is 92.2 Å². The van der Waals surface area contributed by atoms with Crippen molar-refractivity contribution in [1.29, 1.82) is 5.41 Å². The van der Waals surface area contributed by atoms with Gasteiger partial charge in [0.2, 0.25) is 0 Å². The molecule has 0 atom stereocenters. The summed E-state index contributed by atoms with van der Waals surface area (Å²) in [7, 11) is 0. The Bertz CT molecular complexity index is 1320. The number of nitrogens with zero attached hydrogens (tertiary/aromatic N) is 4. The van der Waals surface area contributed by atoms with E-state index in [1.807, 2.05) is 48.7 Å². The highest BCUT2D eigenvalue weighted by atomic mass is 16.5. The summed E-state index contributed by atoms with van der Waals surface area (Å²) in [6.45, 7) is 9.71. The van der Waals surface area contributed by atoms with Crippen LogP contribution in [0, 0.1) is 19.3 Å². The second-order valence-electron chi connectivity index (χ2n) is 8.66. The molecule has 0 unspecified atom stereocenters. The smallest absolute Gasteiger partial charge is 0.141 e. The van der Waals surface area contributed by atoms with Crippen LogP contribution < -0.4 is 10.8 Å². The van der Waals surface area contributed by atoms with Crippen LogP contribution in [0.3, 0.4) is 0 Å². The third-order valence-electron chi connectivity index (χ3n) is 6.37. The maximum Gasteiger partial charge on any atom is 0.141 e. The predicted molar refractivity (Wildman–Crippen MR) is 132 cm³/mol. The molecule has 0 aliphatic carbocycles. The Morgan fingerprint density at radius 1 is 1.09 bits per heavy atom. The minimum atomic E-state index is 0.447. The van der Waals surface area contributed by atoms with Crippen molar-refractivity contribution in [2.24, 2.45) is 0 Å². The highest BCUT2D eigenvalue weighted by Gasteiger charge is 2.18. The summed E-state index contributed by atoms with van der Waals surface area (Å²) < 4.78 is 13.0. The molecule has 0 spiro atoms. The van der Waals surface area contributed by atoms with Crippen molar-refractivity contribution in [3.63, 3.8) is 0 Å². The van der Waals surface area contributed by atoms with E-state index >= 15 is 0 Å². The number of fused-ring (bicyclic) bond motifs is 1. The van der Waals surface area contributed by atoms with Crippen LogP contribution in [0.4, 0.5) is 5.69 Å². The highest BCUT2D eigenvalue weighted by molar-refractivity contribution is 5.93. The SMILES string of the molecule is Cc1noc(C)c1-c1cc2ccc(=N)n(Cc3ccccn3)c2cc1NCCN1CCOCC1. The Hall–Kier alpha value is -3.49. The van der Waals surface area contributed by atoms with Crippen LogP contribution in [0.1, 0.15) is 17.1 Å². The van der Waals surface area contributed by atoms with E-state index in [1.54, 1.807) is 6.20 Å². The molecule has 1 aliphatic rings. The molecule has 34 heavy (non-hydrogen) atoms. The first kappa shape index (κ1) is 22.3. The summed E-state index contributed by atoms with van der Waals surface area (Å²) in [4.78, 5) is 6.88. The number of rotatable bonds is 7. The molecule has 1 aliphatic heterocycles. The number of pyridine rings is 2. The van der Waals surface area contributed by atoms with Crippen molar-refractivity contribution in [3.05, 3.63) is 71.3 Å². The van der Waals surface area contributed by atoms with Crippen molar-refractivity contribution in [1.82, 2.24) is 19.6 Å². The van der Waals surface area contributed by atoms with Crippen molar-refractivity contribution in [2.45, 2.75) is 20.4 Å². The van der Waals surface area contributed by atoms with Crippen molar-refractivity contribution in [3.8, 4) is 11.1 Å². The molecule has 8 nitrogen and oxygen atoms in total. The number of benzene rings is 1. The number of aryl methyl sites for hydroxylation is 2. The molecular formula is C26H30N6O2. The third kappa shape index (κ3) is 4.60. The summed E-state index contributed by atoms with van der Waals surface area (Å²) in [5.41, 5.74) is 6.31. The first-order valence-electron chi connectivity index (χ1n) is 11.7. The van der Waals surface area contributed by atoms with E-state index in [4.69, 9.17) is 14.7 Å². The van der Waals surface area contributed by atoms with Crippen molar-refractivity contribution >= 4 is 16.6 Å². The van der Waals surface area contributed by atoms with E-state index < -0.39 is 0 Å². The lowest BCUT2D eigenvalue weighted by Crippen LogP contribution is -2.39. The van der Waals surface area contributed by atoms with Gasteiger partial charge in [-0.25, -0.2) is 0 Å². The fourth-order valence-electron chi connectivity index (χ4n) is 4.58. The van der Waals surface area contributed by atoms with Gasteiger partial charge in [-0.3, -0.25) is 15.3 Å². The molecule has 4 heterocycles. The molecule has 0 amide bonds. The van der Waals surface area contributed by atoms with Crippen molar-refractivity contribution < 1.29 is 9.26 Å². The zero-order valence-electron chi connectivity index (χ0n) is 19.7. The first-order chi connectivity index (χ1) is 16.6. The fourth-order valence-corrected chi connectivity index (χ4v) is 4.58. The van der Waals surface area contributed by atoms with E-state index in [0.717, 1.165) is 84.3 Å². The molecule has 1 aromatic carbocycles. The molecule has 0 saturated carbocycles. The average Bonchev–Trinajstić information content (AvgIpc) is 3.19. The van der Waals surface area contributed by atoms with Crippen LogP contribution in [-0.4, -0.2) is 59.0 Å². The van der Waals surface area contributed by atoms with Crippen LogP contribution in [-0.2, 0) is 11.3 Å². The van der Waals surface area contributed by atoms with E-state index in [2.05, 4.69) is 32.5 Å². The number of ether oxygens (including phenoxy) is 1. The number of hydrogen-bond donors (Lipinski definition) is 2. The van der Waals surface area contributed by atoms with E-state index in [0.29, 0.717) is 12.0 Å². The Morgan fingerprint density at radius 2 is 1.94 bits per heavy atom. The van der Waals surface area contributed by atoms with Gasteiger partial charge in [-0.2, -0.15) is 0 Å². The lowest BCUT2D eigenvalue weighted by molar-refractivity contribution is 0.0398.